The average molecular weight is 238 g/mol. The Balaban J connectivity index is 2.06. The van der Waals surface area contributed by atoms with Gasteiger partial charge in [0.1, 0.15) is 0 Å². The van der Waals surface area contributed by atoms with Crippen molar-refractivity contribution in [3.8, 4) is 0 Å². The monoisotopic (exact) mass is 238 g/mol. The van der Waals surface area contributed by atoms with E-state index in [1.165, 1.54) is 6.08 Å². The van der Waals surface area contributed by atoms with Gasteiger partial charge in [0.25, 0.3) is 0 Å². The first-order valence-electron chi connectivity index (χ1n) is 5.01. The lowest BCUT2D eigenvalue weighted by Gasteiger charge is -2.35. The van der Waals surface area contributed by atoms with Gasteiger partial charge in [-0.25, -0.2) is 4.79 Å². The largest absolute Gasteiger partial charge is 0.522 e. The molecule has 16 heavy (non-hydrogen) atoms. The molecule has 92 valence electrons. The predicted octanol–water partition coefficient (Wildman–Crippen LogP) is 2.72. The molecule has 0 aromatic heterocycles. The van der Waals surface area contributed by atoms with E-state index in [-0.39, 0.29) is 5.92 Å². The Bertz CT molecular complexity index is 267. The molecule has 0 aromatic rings. The average Bonchev–Trinajstić information content (AvgIpc) is 2.04. The highest BCUT2D eigenvalue weighted by Gasteiger charge is 2.39. The molecule has 0 spiro atoms. The van der Waals surface area contributed by atoms with Crippen LogP contribution in [0.5, 0.6) is 0 Å². The van der Waals surface area contributed by atoms with Crippen molar-refractivity contribution in [3.63, 3.8) is 0 Å². The third-order valence-electron chi connectivity index (χ3n) is 2.49. The second-order valence-electron chi connectivity index (χ2n) is 3.84. The number of alkyl halides is 3. The maximum atomic E-state index is 11.8. The van der Waals surface area contributed by atoms with E-state index in [1.54, 1.807) is 0 Å². The van der Waals surface area contributed by atoms with E-state index >= 15 is 0 Å². The molecule has 1 aliphatic rings. The van der Waals surface area contributed by atoms with Gasteiger partial charge >= 0.3 is 12.3 Å². The summed E-state index contributed by atoms with van der Waals surface area (Å²) in [4.78, 5) is 10.1. The van der Waals surface area contributed by atoms with E-state index in [0.717, 1.165) is 6.08 Å². The van der Waals surface area contributed by atoms with Crippen LogP contribution in [0, 0.1) is 5.92 Å². The van der Waals surface area contributed by atoms with Gasteiger partial charge in [0.15, 0.2) is 0 Å². The molecule has 0 heterocycles. The summed E-state index contributed by atoms with van der Waals surface area (Å²) < 4.78 is 39.1. The van der Waals surface area contributed by atoms with E-state index in [2.05, 4.69) is 4.74 Å². The molecule has 1 saturated carbocycles. The zero-order valence-corrected chi connectivity index (χ0v) is 8.54. The fourth-order valence-corrected chi connectivity index (χ4v) is 1.71. The van der Waals surface area contributed by atoms with Crippen molar-refractivity contribution in [1.82, 2.24) is 0 Å². The van der Waals surface area contributed by atoms with Gasteiger partial charge in [0.2, 0.25) is 0 Å². The van der Waals surface area contributed by atoms with Crippen LogP contribution in [-0.4, -0.2) is 23.5 Å². The lowest BCUT2D eigenvalue weighted by atomic mass is 9.79. The first kappa shape index (κ1) is 13.0. The summed E-state index contributed by atoms with van der Waals surface area (Å²) in [6, 6.07) is 0. The lowest BCUT2D eigenvalue weighted by Crippen LogP contribution is -2.35. The summed E-state index contributed by atoms with van der Waals surface area (Å²) >= 11 is 0. The third kappa shape index (κ3) is 5.16. The molecule has 0 aliphatic heterocycles. The van der Waals surface area contributed by atoms with Crippen molar-refractivity contribution in [2.24, 2.45) is 5.92 Å². The number of halogens is 3. The lowest BCUT2D eigenvalue weighted by molar-refractivity contribution is -0.354. The number of carboxylic acids is 1. The Morgan fingerprint density at radius 3 is 2.56 bits per heavy atom. The van der Waals surface area contributed by atoms with Crippen molar-refractivity contribution in [2.75, 3.05) is 0 Å². The van der Waals surface area contributed by atoms with Gasteiger partial charge < -0.3 is 5.11 Å². The number of aliphatic carboxylic acids is 1. The SMILES string of the molecule is O=C(O)/C=C/CCC1CC(OC(F)(F)F)C1. The van der Waals surface area contributed by atoms with Gasteiger partial charge in [-0.15, -0.1) is 13.2 Å². The fourth-order valence-electron chi connectivity index (χ4n) is 1.71. The molecule has 6 heteroatoms. The van der Waals surface area contributed by atoms with Crippen molar-refractivity contribution in [3.05, 3.63) is 12.2 Å². The van der Waals surface area contributed by atoms with E-state index in [9.17, 15) is 18.0 Å². The maximum Gasteiger partial charge on any atom is 0.522 e. The Morgan fingerprint density at radius 1 is 1.44 bits per heavy atom. The summed E-state index contributed by atoms with van der Waals surface area (Å²) in [6.45, 7) is 0. The van der Waals surface area contributed by atoms with Crippen LogP contribution in [0.3, 0.4) is 0 Å². The van der Waals surface area contributed by atoms with Crippen LogP contribution in [0.15, 0.2) is 12.2 Å². The van der Waals surface area contributed by atoms with Crippen molar-refractivity contribution in [1.29, 1.82) is 0 Å². The second-order valence-corrected chi connectivity index (χ2v) is 3.84. The maximum absolute atomic E-state index is 11.8. The normalized spacial score (nSPS) is 25.7. The molecule has 0 bridgehead atoms. The van der Waals surface area contributed by atoms with E-state index < -0.39 is 18.4 Å². The van der Waals surface area contributed by atoms with Gasteiger partial charge in [-0.05, 0) is 31.6 Å². The minimum atomic E-state index is -4.54. The van der Waals surface area contributed by atoms with Crippen molar-refractivity contribution >= 4 is 5.97 Å². The molecule has 1 N–H and O–H groups in total. The van der Waals surface area contributed by atoms with Gasteiger partial charge in [0.05, 0.1) is 6.10 Å². The molecule has 1 rings (SSSR count). The van der Waals surface area contributed by atoms with Gasteiger partial charge in [-0.2, -0.15) is 0 Å². The number of allylic oxidation sites excluding steroid dienone is 1. The Kier molecular flexibility index (Phi) is 4.35. The zero-order valence-electron chi connectivity index (χ0n) is 8.54. The molecule has 0 amide bonds. The van der Waals surface area contributed by atoms with Crippen LogP contribution < -0.4 is 0 Å². The van der Waals surface area contributed by atoms with E-state index in [1.807, 2.05) is 0 Å². The van der Waals surface area contributed by atoms with Crippen LogP contribution >= 0.6 is 0 Å². The van der Waals surface area contributed by atoms with Crippen LogP contribution in [0.2, 0.25) is 0 Å². The quantitative estimate of drug-likeness (QED) is 0.749. The van der Waals surface area contributed by atoms with Crippen LogP contribution in [0.4, 0.5) is 13.2 Å². The molecule has 0 unspecified atom stereocenters. The van der Waals surface area contributed by atoms with Gasteiger partial charge in [-0.1, -0.05) is 6.08 Å². The summed E-state index contributed by atoms with van der Waals surface area (Å²) in [5.74, 6) is -0.794. The number of rotatable bonds is 5. The van der Waals surface area contributed by atoms with Crippen LogP contribution in [-0.2, 0) is 9.53 Å². The van der Waals surface area contributed by atoms with E-state index in [0.29, 0.717) is 25.7 Å². The second kappa shape index (κ2) is 5.34. The standard InChI is InChI=1S/C10H13F3O3/c11-10(12,13)16-8-5-7(6-8)3-1-2-4-9(14)15/h2,4,7-8H,1,3,5-6H2,(H,14,15)/b4-2+. The molecule has 0 saturated heterocycles. The molecular formula is C10H13F3O3. The highest BCUT2D eigenvalue weighted by Crippen LogP contribution is 2.37. The molecular weight excluding hydrogens is 225 g/mol. The van der Waals surface area contributed by atoms with Crippen LogP contribution in [0.1, 0.15) is 25.7 Å². The number of ether oxygens (including phenoxy) is 1. The van der Waals surface area contributed by atoms with Crippen LogP contribution in [0.25, 0.3) is 0 Å². The van der Waals surface area contributed by atoms with Gasteiger partial charge in [-0.3, -0.25) is 4.74 Å². The van der Waals surface area contributed by atoms with Crippen molar-refractivity contribution < 1.29 is 27.8 Å². The zero-order chi connectivity index (χ0) is 12.2. The summed E-state index contributed by atoms with van der Waals surface area (Å²) in [7, 11) is 0. The number of carboxylic acid groups (broad SMARTS) is 1. The third-order valence-corrected chi connectivity index (χ3v) is 2.49. The number of hydrogen-bond acceptors (Lipinski definition) is 2. The molecule has 3 nitrogen and oxygen atoms in total. The molecule has 1 fully saturated rings. The minimum absolute atomic E-state index is 0.214. The predicted molar refractivity (Wildman–Crippen MR) is 49.7 cm³/mol. The smallest absolute Gasteiger partial charge is 0.478 e. The first-order valence-corrected chi connectivity index (χ1v) is 5.01. The Morgan fingerprint density at radius 2 is 2.06 bits per heavy atom. The summed E-state index contributed by atoms with van der Waals surface area (Å²) in [5, 5.41) is 8.29. The number of hydrogen-bond donors (Lipinski definition) is 1. The Hall–Kier alpha value is -1.04. The fraction of sp³-hybridized carbons (Fsp3) is 0.700. The molecule has 0 aromatic carbocycles. The number of carbonyl (C=O) groups is 1. The molecule has 0 radical (unpaired) electrons. The highest BCUT2D eigenvalue weighted by atomic mass is 19.4. The highest BCUT2D eigenvalue weighted by molar-refractivity contribution is 5.79. The molecule has 0 atom stereocenters. The summed E-state index contributed by atoms with van der Waals surface area (Å²) in [6.07, 6.45) is -0.604. The van der Waals surface area contributed by atoms with Crippen molar-refractivity contribution in [2.45, 2.75) is 38.1 Å². The van der Waals surface area contributed by atoms with Gasteiger partial charge in [0, 0.05) is 6.08 Å². The topological polar surface area (TPSA) is 46.5 Å². The Labute approximate surface area is 90.9 Å². The molecule has 1 aliphatic carbocycles. The summed E-state index contributed by atoms with van der Waals surface area (Å²) in [5.41, 5.74) is 0. The minimum Gasteiger partial charge on any atom is -0.478 e. The van der Waals surface area contributed by atoms with E-state index in [4.69, 9.17) is 5.11 Å². The first-order chi connectivity index (χ1) is 7.37.